The molecule has 2 aromatic rings. The highest BCUT2D eigenvalue weighted by Crippen LogP contribution is 2.37. The fourth-order valence-electron chi connectivity index (χ4n) is 2.26. The van der Waals surface area contributed by atoms with Crippen LogP contribution in [0.5, 0.6) is 11.5 Å². The van der Waals surface area contributed by atoms with Crippen molar-refractivity contribution in [1.82, 2.24) is 10.7 Å². The quantitative estimate of drug-likeness (QED) is 0.384. The first-order chi connectivity index (χ1) is 13.0. The van der Waals surface area contributed by atoms with Crippen molar-refractivity contribution in [3.63, 3.8) is 0 Å². The summed E-state index contributed by atoms with van der Waals surface area (Å²) in [4.78, 5) is 0. The van der Waals surface area contributed by atoms with E-state index in [1.807, 2.05) is 57.2 Å². The summed E-state index contributed by atoms with van der Waals surface area (Å²) in [5, 5.41) is 8.16. The van der Waals surface area contributed by atoms with Crippen LogP contribution in [0.2, 0.25) is 5.02 Å². The number of ether oxygens (including phenoxy) is 2. The maximum Gasteiger partial charge on any atom is 0.187 e. The van der Waals surface area contributed by atoms with Gasteiger partial charge in [-0.3, -0.25) is 5.43 Å². The van der Waals surface area contributed by atoms with Crippen LogP contribution in [0.15, 0.2) is 47.6 Å². The molecular formula is C20H24ClN3O2S. The van der Waals surface area contributed by atoms with Gasteiger partial charge in [-0.05, 0) is 56.2 Å². The molecule has 0 heterocycles. The van der Waals surface area contributed by atoms with Gasteiger partial charge in [-0.25, -0.2) is 0 Å². The maximum atomic E-state index is 6.35. The van der Waals surface area contributed by atoms with Crippen molar-refractivity contribution in [2.45, 2.75) is 33.4 Å². The molecule has 0 unspecified atom stereocenters. The SMILES string of the molecule is CCOc1cc(/C=N\NC(=S)NCc2ccccc2)cc(Cl)c1OC(C)C. The molecule has 0 saturated carbocycles. The second-order valence-corrected chi connectivity index (χ2v) is 6.78. The van der Waals surface area contributed by atoms with Gasteiger partial charge in [0, 0.05) is 6.54 Å². The van der Waals surface area contributed by atoms with Crippen LogP contribution in [0.1, 0.15) is 31.9 Å². The third-order valence-electron chi connectivity index (χ3n) is 3.36. The van der Waals surface area contributed by atoms with Crippen molar-refractivity contribution in [2.75, 3.05) is 6.61 Å². The Morgan fingerprint density at radius 1 is 1.26 bits per heavy atom. The number of benzene rings is 2. The summed E-state index contributed by atoms with van der Waals surface area (Å²) in [6.45, 7) is 6.93. The molecule has 144 valence electrons. The molecule has 0 saturated heterocycles. The van der Waals surface area contributed by atoms with Crippen LogP contribution in [0, 0.1) is 0 Å². The molecule has 5 nitrogen and oxygen atoms in total. The van der Waals surface area contributed by atoms with Crippen LogP contribution < -0.4 is 20.2 Å². The Labute approximate surface area is 170 Å². The van der Waals surface area contributed by atoms with Crippen molar-refractivity contribution in [1.29, 1.82) is 0 Å². The van der Waals surface area contributed by atoms with E-state index in [1.165, 1.54) is 0 Å². The van der Waals surface area contributed by atoms with Gasteiger partial charge in [0.15, 0.2) is 16.6 Å². The zero-order valence-electron chi connectivity index (χ0n) is 15.7. The van der Waals surface area contributed by atoms with E-state index in [0.29, 0.717) is 34.8 Å². The first-order valence-corrected chi connectivity index (χ1v) is 9.52. The number of thiocarbonyl (C=S) groups is 1. The van der Waals surface area contributed by atoms with Gasteiger partial charge in [-0.1, -0.05) is 41.9 Å². The van der Waals surface area contributed by atoms with Gasteiger partial charge in [0.05, 0.1) is 23.9 Å². The van der Waals surface area contributed by atoms with E-state index in [0.717, 1.165) is 11.1 Å². The largest absolute Gasteiger partial charge is 0.490 e. The topological polar surface area (TPSA) is 54.9 Å². The highest BCUT2D eigenvalue weighted by Gasteiger charge is 2.13. The first-order valence-electron chi connectivity index (χ1n) is 8.73. The molecular weight excluding hydrogens is 382 g/mol. The van der Waals surface area contributed by atoms with Crippen LogP contribution in [-0.2, 0) is 6.54 Å². The summed E-state index contributed by atoms with van der Waals surface area (Å²) in [6, 6.07) is 13.6. The van der Waals surface area contributed by atoms with Crippen LogP contribution in [-0.4, -0.2) is 24.0 Å². The molecule has 2 rings (SSSR count). The smallest absolute Gasteiger partial charge is 0.187 e. The lowest BCUT2D eigenvalue weighted by Gasteiger charge is -2.16. The van der Waals surface area contributed by atoms with Crippen molar-refractivity contribution < 1.29 is 9.47 Å². The van der Waals surface area contributed by atoms with Crippen molar-refractivity contribution in [3.8, 4) is 11.5 Å². The van der Waals surface area contributed by atoms with Gasteiger partial charge in [0.25, 0.3) is 0 Å². The standard InChI is InChI=1S/C20H24ClN3O2S/c1-4-25-18-11-16(10-17(21)19(18)26-14(2)3)13-23-24-20(27)22-12-15-8-6-5-7-9-15/h5-11,13-14H,4,12H2,1-3H3,(H2,22,24,27)/b23-13-. The summed E-state index contributed by atoms with van der Waals surface area (Å²) in [7, 11) is 0. The van der Waals surface area contributed by atoms with Crippen LogP contribution >= 0.6 is 23.8 Å². The number of nitrogens with zero attached hydrogens (tertiary/aromatic N) is 1. The molecule has 0 atom stereocenters. The number of hydrogen-bond acceptors (Lipinski definition) is 4. The minimum absolute atomic E-state index is 0.00375. The molecule has 27 heavy (non-hydrogen) atoms. The summed E-state index contributed by atoms with van der Waals surface area (Å²) < 4.78 is 11.4. The highest BCUT2D eigenvalue weighted by molar-refractivity contribution is 7.80. The summed E-state index contributed by atoms with van der Waals surface area (Å²) >= 11 is 11.6. The van der Waals surface area contributed by atoms with Gasteiger partial charge in [-0.15, -0.1) is 0 Å². The lowest BCUT2D eigenvalue weighted by atomic mass is 10.2. The first kappa shape index (κ1) is 21.0. The van der Waals surface area contributed by atoms with Crippen LogP contribution in [0.4, 0.5) is 0 Å². The lowest BCUT2D eigenvalue weighted by molar-refractivity contribution is 0.224. The van der Waals surface area contributed by atoms with Crippen LogP contribution in [0.3, 0.4) is 0 Å². The molecule has 2 aromatic carbocycles. The van der Waals surface area contributed by atoms with Crippen molar-refractivity contribution in [2.24, 2.45) is 5.10 Å². The zero-order valence-corrected chi connectivity index (χ0v) is 17.2. The average molecular weight is 406 g/mol. The monoisotopic (exact) mass is 405 g/mol. The Bertz CT molecular complexity index is 782. The average Bonchev–Trinajstić information content (AvgIpc) is 2.64. The molecule has 0 fully saturated rings. The minimum atomic E-state index is -0.00375. The lowest BCUT2D eigenvalue weighted by Crippen LogP contribution is -2.31. The normalized spacial score (nSPS) is 10.9. The van der Waals surface area contributed by atoms with E-state index in [2.05, 4.69) is 15.8 Å². The van der Waals surface area contributed by atoms with E-state index >= 15 is 0 Å². The zero-order chi connectivity index (χ0) is 19.6. The Morgan fingerprint density at radius 3 is 2.67 bits per heavy atom. The third-order valence-corrected chi connectivity index (χ3v) is 3.88. The molecule has 2 N–H and O–H groups in total. The van der Waals surface area contributed by atoms with Crippen molar-refractivity contribution >= 4 is 35.1 Å². The van der Waals surface area contributed by atoms with Gasteiger partial charge in [-0.2, -0.15) is 5.10 Å². The Hall–Kier alpha value is -2.31. The highest BCUT2D eigenvalue weighted by atomic mass is 35.5. The summed E-state index contributed by atoms with van der Waals surface area (Å²) in [5.74, 6) is 1.13. The fraction of sp³-hybridized carbons (Fsp3) is 0.300. The number of nitrogens with one attached hydrogen (secondary N) is 2. The molecule has 0 aromatic heterocycles. The molecule has 0 amide bonds. The van der Waals surface area contributed by atoms with Gasteiger partial charge < -0.3 is 14.8 Å². The molecule has 0 aliphatic carbocycles. The molecule has 0 radical (unpaired) electrons. The molecule has 0 bridgehead atoms. The maximum absolute atomic E-state index is 6.35. The van der Waals surface area contributed by atoms with E-state index in [1.54, 1.807) is 12.3 Å². The number of rotatable bonds is 8. The molecule has 0 spiro atoms. The van der Waals surface area contributed by atoms with Crippen LogP contribution in [0.25, 0.3) is 0 Å². The van der Waals surface area contributed by atoms with E-state index < -0.39 is 0 Å². The van der Waals surface area contributed by atoms with Gasteiger partial charge in [0.2, 0.25) is 0 Å². The predicted octanol–water partition coefficient (Wildman–Crippen LogP) is 4.52. The van der Waals surface area contributed by atoms with Gasteiger partial charge in [0.1, 0.15) is 0 Å². The van der Waals surface area contributed by atoms with E-state index in [-0.39, 0.29) is 6.10 Å². The second-order valence-electron chi connectivity index (χ2n) is 5.97. The third kappa shape index (κ3) is 7.07. The minimum Gasteiger partial charge on any atom is -0.490 e. The van der Waals surface area contributed by atoms with E-state index in [9.17, 15) is 0 Å². The molecule has 7 heteroatoms. The second kappa shape index (κ2) is 10.7. The van der Waals surface area contributed by atoms with E-state index in [4.69, 9.17) is 33.3 Å². The Morgan fingerprint density at radius 2 is 2.00 bits per heavy atom. The number of hydrogen-bond donors (Lipinski definition) is 2. The Kier molecular flexibility index (Phi) is 8.36. The summed E-state index contributed by atoms with van der Waals surface area (Å²) in [5.41, 5.74) is 4.71. The van der Waals surface area contributed by atoms with Crippen molar-refractivity contribution in [3.05, 3.63) is 58.6 Å². The molecule has 0 aliphatic rings. The number of halogens is 1. The summed E-state index contributed by atoms with van der Waals surface area (Å²) in [6.07, 6.45) is 1.63. The fourth-order valence-corrected chi connectivity index (χ4v) is 2.65. The predicted molar refractivity (Wildman–Crippen MR) is 115 cm³/mol. The van der Waals surface area contributed by atoms with Gasteiger partial charge >= 0.3 is 0 Å². The number of hydrazone groups is 1. The Balaban J connectivity index is 1.98. The molecule has 0 aliphatic heterocycles.